The van der Waals surface area contributed by atoms with Crippen molar-refractivity contribution in [3.05, 3.63) is 65.7 Å². The van der Waals surface area contributed by atoms with E-state index >= 15 is 0 Å². The van der Waals surface area contributed by atoms with E-state index in [1.807, 2.05) is 37.3 Å². The molecule has 0 saturated carbocycles. The molecule has 0 unspecified atom stereocenters. The van der Waals surface area contributed by atoms with E-state index in [2.05, 4.69) is 26.2 Å². The molecule has 1 aromatic heterocycles. The van der Waals surface area contributed by atoms with Crippen molar-refractivity contribution in [3.63, 3.8) is 0 Å². The fourth-order valence-electron chi connectivity index (χ4n) is 3.60. The summed E-state index contributed by atoms with van der Waals surface area (Å²) in [4.78, 5) is 25.5. The molecule has 2 amide bonds. The molecule has 172 valence electrons. The molecule has 2 heterocycles. The van der Waals surface area contributed by atoms with Crippen LogP contribution in [0.25, 0.3) is 0 Å². The van der Waals surface area contributed by atoms with E-state index in [-0.39, 0.29) is 29.7 Å². The van der Waals surface area contributed by atoms with Crippen molar-refractivity contribution < 1.29 is 14.3 Å². The Bertz CT molecular complexity index is 1080. The zero-order valence-electron chi connectivity index (χ0n) is 18.3. The first-order chi connectivity index (χ1) is 16.1. The summed E-state index contributed by atoms with van der Waals surface area (Å²) in [7, 11) is 0. The number of tetrazole rings is 1. The van der Waals surface area contributed by atoms with E-state index in [4.69, 9.17) is 4.74 Å². The zero-order chi connectivity index (χ0) is 23.0. The maximum absolute atomic E-state index is 12.9. The van der Waals surface area contributed by atoms with Crippen LogP contribution in [0.3, 0.4) is 0 Å². The van der Waals surface area contributed by atoms with Gasteiger partial charge in [0.2, 0.25) is 11.1 Å². The third kappa shape index (κ3) is 6.17. The lowest BCUT2D eigenvalue weighted by molar-refractivity contribution is -0.113. The van der Waals surface area contributed by atoms with Crippen molar-refractivity contribution >= 4 is 29.3 Å². The van der Waals surface area contributed by atoms with Crippen LogP contribution in [0.15, 0.2) is 59.8 Å². The number of rotatable bonds is 9. The Kier molecular flexibility index (Phi) is 7.69. The SMILES string of the molecule is C[C@H](NC(=O)c1ccccc1NC(=O)CSc1nnnn1C[C@@H]1CCCO1)c1ccccc1. The van der Waals surface area contributed by atoms with Crippen molar-refractivity contribution in [2.24, 2.45) is 0 Å². The highest BCUT2D eigenvalue weighted by molar-refractivity contribution is 7.99. The monoisotopic (exact) mass is 466 g/mol. The molecule has 1 aliphatic rings. The topological polar surface area (TPSA) is 111 Å². The molecule has 9 nitrogen and oxygen atoms in total. The van der Waals surface area contributed by atoms with Gasteiger partial charge in [-0.25, -0.2) is 4.68 Å². The molecule has 10 heteroatoms. The van der Waals surface area contributed by atoms with Crippen molar-refractivity contribution in [3.8, 4) is 0 Å². The van der Waals surface area contributed by atoms with Crippen LogP contribution in [0.1, 0.15) is 41.7 Å². The van der Waals surface area contributed by atoms with Crippen molar-refractivity contribution in [1.29, 1.82) is 0 Å². The molecule has 2 aromatic carbocycles. The van der Waals surface area contributed by atoms with E-state index in [1.54, 1.807) is 28.9 Å². The molecule has 0 bridgehead atoms. The number of benzene rings is 2. The number of amides is 2. The van der Waals surface area contributed by atoms with Crippen LogP contribution < -0.4 is 10.6 Å². The summed E-state index contributed by atoms with van der Waals surface area (Å²) in [6, 6.07) is 16.5. The Morgan fingerprint density at radius 2 is 1.97 bits per heavy atom. The minimum atomic E-state index is -0.254. The van der Waals surface area contributed by atoms with Crippen molar-refractivity contribution in [1.82, 2.24) is 25.5 Å². The van der Waals surface area contributed by atoms with E-state index in [1.165, 1.54) is 11.8 Å². The maximum Gasteiger partial charge on any atom is 0.253 e. The third-order valence-corrected chi connectivity index (χ3v) is 6.28. The van der Waals surface area contributed by atoms with E-state index in [9.17, 15) is 9.59 Å². The maximum atomic E-state index is 12.9. The van der Waals surface area contributed by atoms with Gasteiger partial charge in [-0.1, -0.05) is 54.2 Å². The predicted molar refractivity (Wildman–Crippen MR) is 125 cm³/mol. The number of thioether (sulfide) groups is 1. The first-order valence-corrected chi connectivity index (χ1v) is 11.8. The van der Waals surface area contributed by atoms with Gasteiger partial charge >= 0.3 is 0 Å². The molecule has 0 radical (unpaired) electrons. The van der Waals surface area contributed by atoms with Crippen LogP contribution in [-0.4, -0.2) is 50.5 Å². The number of carbonyl (C=O) groups is 2. The summed E-state index contributed by atoms with van der Waals surface area (Å²) in [5.74, 6) is -0.388. The Balaban J connectivity index is 1.34. The van der Waals surface area contributed by atoms with Gasteiger partial charge in [-0.2, -0.15) is 0 Å². The number of para-hydroxylation sites is 1. The van der Waals surface area contributed by atoms with Gasteiger partial charge in [0, 0.05) is 6.61 Å². The fourth-order valence-corrected chi connectivity index (χ4v) is 4.29. The number of nitrogens with zero attached hydrogens (tertiary/aromatic N) is 4. The molecule has 0 spiro atoms. The molecule has 0 aliphatic carbocycles. The first-order valence-electron chi connectivity index (χ1n) is 10.9. The smallest absolute Gasteiger partial charge is 0.253 e. The van der Waals surface area contributed by atoms with Gasteiger partial charge in [-0.15, -0.1) is 5.10 Å². The lowest BCUT2D eigenvalue weighted by Gasteiger charge is -2.16. The van der Waals surface area contributed by atoms with Crippen molar-refractivity contribution in [2.75, 3.05) is 17.7 Å². The molecule has 2 atom stereocenters. The Morgan fingerprint density at radius 3 is 2.76 bits per heavy atom. The molecule has 3 aromatic rings. The van der Waals surface area contributed by atoms with Gasteiger partial charge in [0.15, 0.2) is 0 Å². The highest BCUT2D eigenvalue weighted by atomic mass is 32.2. The molecule has 1 aliphatic heterocycles. The molecule has 33 heavy (non-hydrogen) atoms. The molecule has 1 saturated heterocycles. The zero-order valence-corrected chi connectivity index (χ0v) is 19.1. The van der Waals surface area contributed by atoms with E-state index in [0.717, 1.165) is 25.0 Å². The van der Waals surface area contributed by atoms with Crippen molar-refractivity contribution in [2.45, 2.75) is 43.6 Å². The van der Waals surface area contributed by atoms with Gasteiger partial charge in [-0.05, 0) is 47.9 Å². The molecule has 1 fully saturated rings. The number of carbonyl (C=O) groups excluding carboxylic acids is 2. The molecular formula is C23H26N6O3S. The highest BCUT2D eigenvalue weighted by Gasteiger charge is 2.20. The number of nitrogens with one attached hydrogen (secondary N) is 2. The second-order valence-electron chi connectivity index (χ2n) is 7.77. The number of anilines is 1. The van der Waals surface area contributed by atoms with Crippen LogP contribution in [0.5, 0.6) is 0 Å². The second kappa shape index (κ2) is 11.1. The van der Waals surface area contributed by atoms with E-state index < -0.39 is 0 Å². The predicted octanol–water partition coefficient (Wildman–Crippen LogP) is 3.07. The van der Waals surface area contributed by atoms with Crippen LogP contribution >= 0.6 is 11.8 Å². The fraction of sp³-hybridized carbons (Fsp3) is 0.348. The Labute approximate surface area is 196 Å². The summed E-state index contributed by atoms with van der Waals surface area (Å²) >= 11 is 1.25. The lowest BCUT2D eigenvalue weighted by atomic mass is 10.1. The minimum Gasteiger partial charge on any atom is -0.376 e. The van der Waals surface area contributed by atoms with E-state index in [0.29, 0.717) is 23.0 Å². The summed E-state index contributed by atoms with van der Waals surface area (Å²) in [5, 5.41) is 18.1. The molecular weight excluding hydrogens is 440 g/mol. The number of aromatic nitrogens is 4. The normalized spacial score (nSPS) is 16.3. The quantitative estimate of drug-likeness (QED) is 0.466. The Morgan fingerprint density at radius 1 is 1.18 bits per heavy atom. The second-order valence-corrected chi connectivity index (χ2v) is 8.71. The van der Waals surface area contributed by atoms with Crippen LogP contribution in [-0.2, 0) is 16.1 Å². The standard InChI is InChI=1S/C23H26N6O3S/c1-16(17-8-3-2-4-9-17)24-22(31)19-11-5-6-12-20(19)25-21(30)15-33-23-26-27-28-29(23)14-18-10-7-13-32-18/h2-6,8-9,11-12,16,18H,7,10,13-15H2,1H3,(H,24,31)(H,25,30)/t16-,18-/m0/s1. The summed E-state index contributed by atoms with van der Waals surface area (Å²) in [6.07, 6.45) is 2.12. The average molecular weight is 467 g/mol. The summed E-state index contributed by atoms with van der Waals surface area (Å²) < 4.78 is 7.30. The lowest BCUT2D eigenvalue weighted by Crippen LogP contribution is -2.28. The highest BCUT2D eigenvalue weighted by Crippen LogP contribution is 2.21. The minimum absolute atomic E-state index is 0.102. The number of ether oxygens (including phenoxy) is 1. The molecule has 4 rings (SSSR count). The molecule has 2 N–H and O–H groups in total. The average Bonchev–Trinajstić information content (AvgIpc) is 3.51. The number of hydrogen-bond donors (Lipinski definition) is 2. The van der Waals surface area contributed by atoms with Gasteiger partial charge < -0.3 is 15.4 Å². The first kappa shape index (κ1) is 22.9. The third-order valence-electron chi connectivity index (χ3n) is 5.32. The van der Waals surface area contributed by atoms with Crippen LogP contribution in [0, 0.1) is 0 Å². The Hall–Kier alpha value is -3.24. The van der Waals surface area contributed by atoms with Gasteiger partial charge in [0.05, 0.1) is 35.7 Å². The van der Waals surface area contributed by atoms with Gasteiger partial charge in [0.1, 0.15) is 0 Å². The van der Waals surface area contributed by atoms with Crippen LogP contribution in [0.2, 0.25) is 0 Å². The van der Waals surface area contributed by atoms with Gasteiger partial charge in [-0.3, -0.25) is 9.59 Å². The largest absolute Gasteiger partial charge is 0.376 e. The summed E-state index contributed by atoms with van der Waals surface area (Å²) in [6.45, 7) is 3.25. The van der Waals surface area contributed by atoms with Gasteiger partial charge in [0.25, 0.3) is 5.91 Å². The van der Waals surface area contributed by atoms with Crippen LogP contribution in [0.4, 0.5) is 5.69 Å². The summed E-state index contributed by atoms with van der Waals surface area (Å²) in [5.41, 5.74) is 1.87. The number of hydrogen-bond acceptors (Lipinski definition) is 7.